The first kappa shape index (κ1) is 25.9. The number of aromatic nitrogens is 2. The molecule has 6 rings (SSSR count). The molecule has 10 heteroatoms. The normalized spacial score (nSPS) is 16.8. The summed E-state index contributed by atoms with van der Waals surface area (Å²) in [5, 5.41) is 14.4. The Hall–Kier alpha value is -5.38. The smallest absolute Gasteiger partial charge is 0.269 e. The summed E-state index contributed by atoms with van der Waals surface area (Å²) in [6.07, 6.45) is 8.66. The second-order valence-electron chi connectivity index (χ2n) is 10.00. The zero-order valence-electron chi connectivity index (χ0n) is 22.0. The van der Waals surface area contributed by atoms with E-state index in [0.717, 1.165) is 29.8 Å². The van der Waals surface area contributed by atoms with E-state index < -0.39 is 10.8 Å². The molecule has 2 amide bonds. The lowest BCUT2D eigenvalue weighted by molar-refractivity contribution is -0.384. The number of rotatable bonds is 8. The molecular formula is C31H26N6O4. The second-order valence-corrected chi connectivity index (χ2v) is 10.00. The molecule has 1 unspecified atom stereocenters. The number of nitrogens with one attached hydrogen (secondary N) is 2. The number of benzene rings is 3. The number of hydrogen-bond acceptors (Lipinski definition) is 6. The molecule has 1 atom stereocenters. The number of aliphatic imine (C=N–C) groups is 1. The maximum absolute atomic E-state index is 13.3. The highest BCUT2D eigenvalue weighted by Crippen LogP contribution is 2.38. The van der Waals surface area contributed by atoms with Crippen LogP contribution in [0.25, 0.3) is 12.2 Å². The van der Waals surface area contributed by atoms with Gasteiger partial charge in [0.15, 0.2) is 0 Å². The third-order valence-corrected chi connectivity index (χ3v) is 7.26. The average molecular weight is 547 g/mol. The molecule has 2 N–H and O–H groups in total. The highest BCUT2D eigenvalue weighted by atomic mass is 16.6. The highest BCUT2D eigenvalue weighted by Gasteiger charge is 2.36. The molecule has 1 fully saturated rings. The zero-order chi connectivity index (χ0) is 28.3. The van der Waals surface area contributed by atoms with Crippen LogP contribution in [0, 0.1) is 10.1 Å². The van der Waals surface area contributed by atoms with E-state index in [-0.39, 0.29) is 17.5 Å². The van der Waals surface area contributed by atoms with Crippen molar-refractivity contribution in [2.75, 3.05) is 11.9 Å². The number of non-ortho nitro benzene ring substituents is 1. The quantitative estimate of drug-likeness (QED) is 0.172. The van der Waals surface area contributed by atoms with Gasteiger partial charge >= 0.3 is 0 Å². The van der Waals surface area contributed by atoms with Gasteiger partial charge in [-0.05, 0) is 47.4 Å². The summed E-state index contributed by atoms with van der Waals surface area (Å²) in [7, 11) is 0. The standard InChI is InChI=1S/C31H26N6O4/c38-28-2-1-15-36(28)18-21-3-8-22(9-4-21)30(29-26-16-25(37(40)41)13-14-27(26)35-31(29)39)34-23-10-5-20(6-11-23)7-12-24-17-32-19-33-24/h3-14,16-17,19,29H,1-2,15,18H2,(H,32,33)(H,35,39). The third kappa shape index (κ3) is 5.53. The largest absolute Gasteiger partial charge is 0.345 e. The SMILES string of the molecule is O=C1Nc2ccc([N+](=O)[O-])cc2C1C(=Nc1ccc(C=Cc2cnc[nH]2)cc1)c1ccc(CN2CCCC2=O)cc1. The number of nitro benzene ring substituents is 1. The number of H-pyrrole nitrogens is 1. The number of anilines is 1. The first-order valence-electron chi connectivity index (χ1n) is 13.3. The van der Waals surface area contributed by atoms with Crippen LogP contribution >= 0.6 is 0 Å². The van der Waals surface area contributed by atoms with Crippen molar-refractivity contribution in [1.29, 1.82) is 0 Å². The van der Waals surface area contributed by atoms with Crippen molar-refractivity contribution in [1.82, 2.24) is 14.9 Å². The number of aromatic amines is 1. The first-order chi connectivity index (χ1) is 19.9. The molecule has 204 valence electrons. The number of nitrogens with zero attached hydrogens (tertiary/aromatic N) is 4. The minimum Gasteiger partial charge on any atom is -0.345 e. The van der Waals surface area contributed by atoms with E-state index in [0.29, 0.717) is 41.2 Å². The van der Waals surface area contributed by atoms with Gasteiger partial charge in [-0.1, -0.05) is 42.5 Å². The molecule has 0 radical (unpaired) electrons. The van der Waals surface area contributed by atoms with E-state index in [1.807, 2.05) is 65.6 Å². The Morgan fingerprint density at radius 3 is 2.56 bits per heavy atom. The van der Waals surface area contributed by atoms with Crippen LogP contribution in [-0.2, 0) is 16.1 Å². The molecule has 10 nitrogen and oxygen atoms in total. The van der Waals surface area contributed by atoms with Crippen LogP contribution in [0.4, 0.5) is 17.1 Å². The van der Waals surface area contributed by atoms with Crippen LogP contribution in [0.5, 0.6) is 0 Å². The third-order valence-electron chi connectivity index (χ3n) is 7.26. The maximum Gasteiger partial charge on any atom is 0.269 e. The monoisotopic (exact) mass is 546 g/mol. The lowest BCUT2D eigenvalue weighted by atomic mass is 9.90. The van der Waals surface area contributed by atoms with E-state index in [9.17, 15) is 19.7 Å². The molecule has 0 aliphatic carbocycles. The fourth-order valence-electron chi connectivity index (χ4n) is 5.15. The Morgan fingerprint density at radius 2 is 1.88 bits per heavy atom. The van der Waals surface area contributed by atoms with Crippen molar-refractivity contribution in [3.8, 4) is 0 Å². The van der Waals surface area contributed by atoms with E-state index in [1.54, 1.807) is 18.6 Å². The van der Waals surface area contributed by atoms with Crippen molar-refractivity contribution >= 4 is 46.7 Å². The van der Waals surface area contributed by atoms with Crippen molar-refractivity contribution in [2.45, 2.75) is 25.3 Å². The predicted octanol–water partition coefficient (Wildman–Crippen LogP) is 5.47. The summed E-state index contributed by atoms with van der Waals surface area (Å²) in [5.41, 5.74) is 5.59. The number of likely N-dealkylation sites (tertiary alicyclic amines) is 1. The van der Waals surface area contributed by atoms with Crippen LogP contribution in [0.15, 0.2) is 84.2 Å². The minimum absolute atomic E-state index is 0.0939. The lowest BCUT2D eigenvalue weighted by Gasteiger charge is -2.17. The Labute approximate surface area is 235 Å². The van der Waals surface area contributed by atoms with Gasteiger partial charge in [-0.2, -0.15) is 0 Å². The van der Waals surface area contributed by atoms with E-state index in [4.69, 9.17) is 4.99 Å². The lowest BCUT2D eigenvalue weighted by Crippen LogP contribution is -2.24. The summed E-state index contributed by atoms with van der Waals surface area (Å²) < 4.78 is 0. The van der Waals surface area contributed by atoms with Crippen LogP contribution < -0.4 is 5.32 Å². The Kier molecular flexibility index (Phi) is 6.95. The second kappa shape index (κ2) is 11.0. The van der Waals surface area contributed by atoms with Gasteiger partial charge in [-0.25, -0.2) is 4.98 Å². The van der Waals surface area contributed by atoms with Crippen molar-refractivity contribution < 1.29 is 14.5 Å². The van der Waals surface area contributed by atoms with Crippen LogP contribution in [-0.4, -0.2) is 43.9 Å². The van der Waals surface area contributed by atoms with Gasteiger partial charge in [0.1, 0.15) is 5.92 Å². The maximum atomic E-state index is 13.3. The molecule has 1 saturated heterocycles. The number of carbonyl (C=O) groups is 2. The molecule has 2 aliphatic heterocycles. The van der Waals surface area contributed by atoms with Crippen LogP contribution in [0.2, 0.25) is 0 Å². The molecule has 0 bridgehead atoms. The highest BCUT2D eigenvalue weighted by molar-refractivity contribution is 6.24. The van der Waals surface area contributed by atoms with Crippen LogP contribution in [0.3, 0.4) is 0 Å². The van der Waals surface area contributed by atoms with Gasteiger partial charge in [0.2, 0.25) is 11.8 Å². The van der Waals surface area contributed by atoms with E-state index in [1.165, 1.54) is 12.1 Å². The number of hydrogen-bond donors (Lipinski definition) is 2. The van der Waals surface area contributed by atoms with E-state index >= 15 is 0 Å². The number of amides is 2. The fourth-order valence-corrected chi connectivity index (χ4v) is 5.15. The van der Waals surface area contributed by atoms with Crippen LogP contribution in [0.1, 0.15) is 46.7 Å². The number of nitro groups is 1. The molecule has 0 spiro atoms. The zero-order valence-corrected chi connectivity index (χ0v) is 22.0. The van der Waals surface area contributed by atoms with Gasteiger partial charge in [0.25, 0.3) is 5.69 Å². The average Bonchev–Trinajstić information content (AvgIpc) is 3.72. The van der Waals surface area contributed by atoms with Crippen molar-refractivity contribution in [3.63, 3.8) is 0 Å². The molecule has 4 aromatic rings. The fraction of sp³-hybridized carbons (Fsp3) is 0.161. The summed E-state index contributed by atoms with van der Waals surface area (Å²) >= 11 is 0. The Balaban J connectivity index is 1.36. The minimum atomic E-state index is -0.837. The van der Waals surface area contributed by atoms with Crippen molar-refractivity contribution in [3.05, 3.63) is 117 Å². The predicted molar refractivity (Wildman–Crippen MR) is 156 cm³/mol. The number of fused-ring (bicyclic) bond motifs is 1. The Morgan fingerprint density at radius 1 is 1.07 bits per heavy atom. The van der Waals surface area contributed by atoms with Gasteiger partial charge in [0, 0.05) is 42.9 Å². The summed E-state index contributed by atoms with van der Waals surface area (Å²) in [4.78, 5) is 50.2. The molecular weight excluding hydrogens is 520 g/mol. The van der Waals surface area contributed by atoms with E-state index in [2.05, 4.69) is 15.3 Å². The first-order valence-corrected chi connectivity index (χ1v) is 13.3. The topological polar surface area (TPSA) is 134 Å². The Bertz CT molecular complexity index is 1670. The molecule has 2 aliphatic rings. The molecule has 41 heavy (non-hydrogen) atoms. The summed E-state index contributed by atoms with van der Waals surface area (Å²) in [6.45, 7) is 1.27. The van der Waals surface area contributed by atoms with Gasteiger partial charge in [0.05, 0.1) is 34.5 Å². The number of imidazole rings is 1. The summed E-state index contributed by atoms with van der Waals surface area (Å²) in [5.74, 6) is -0.985. The molecule has 3 aromatic carbocycles. The van der Waals surface area contributed by atoms with Gasteiger partial charge in [-0.15, -0.1) is 0 Å². The molecule has 3 heterocycles. The van der Waals surface area contributed by atoms with Gasteiger partial charge in [-0.3, -0.25) is 24.7 Å². The number of carbonyl (C=O) groups excluding carboxylic acids is 2. The molecule has 1 aromatic heterocycles. The van der Waals surface area contributed by atoms with Crippen molar-refractivity contribution in [2.24, 2.45) is 4.99 Å². The summed E-state index contributed by atoms with van der Waals surface area (Å²) in [6, 6.07) is 19.6. The van der Waals surface area contributed by atoms with Gasteiger partial charge < -0.3 is 15.2 Å². The molecule has 0 saturated carbocycles.